The molecule has 0 aromatic carbocycles. The van der Waals surface area contributed by atoms with Crippen LogP contribution in [0.5, 0.6) is 0 Å². The van der Waals surface area contributed by atoms with Gasteiger partial charge in [-0.05, 0) is 38.8 Å². The normalized spacial score (nSPS) is 22.4. The number of carbonyl (C=O) groups is 1. The summed E-state index contributed by atoms with van der Waals surface area (Å²) in [7, 11) is 0. The number of piperidine rings is 1. The summed E-state index contributed by atoms with van der Waals surface area (Å²) in [5.41, 5.74) is 0.570. The van der Waals surface area contributed by atoms with Crippen LogP contribution in [0.2, 0.25) is 0 Å². The van der Waals surface area contributed by atoms with Crippen molar-refractivity contribution in [1.82, 2.24) is 20.3 Å². The van der Waals surface area contributed by atoms with E-state index in [1.54, 1.807) is 0 Å². The van der Waals surface area contributed by atoms with Gasteiger partial charge in [0.05, 0.1) is 12.2 Å². The third-order valence-corrected chi connectivity index (χ3v) is 4.17. The van der Waals surface area contributed by atoms with Gasteiger partial charge in [0.15, 0.2) is 5.78 Å². The molecule has 3 rings (SSSR count). The maximum absolute atomic E-state index is 12.2. The first-order valence-corrected chi connectivity index (χ1v) is 7.01. The number of aromatic nitrogens is 3. The van der Waals surface area contributed by atoms with Crippen molar-refractivity contribution >= 4 is 5.78 Å². The molecule has 1 aromatic rings. The Kier molecular flexibility index (Phi) is 3.41. The Balaban J connectivity index is 1.70. The molecule has 0 amide bonds. The molecule has 2 aliphatic rings. The van der Waals surface area contributed by atoms with Gasteiger partial charge in [-0.1, -0.05) is 18.1 Å². The minimum absolute atomic E-state index is 0.197. The second kappa shape index (κ2) is 5.18. The van der Waals surface area contributed by atoms with Gasteiger partial charge in [-0.15, -0.1) is 5.10 Å². The molecule has 2 fully saturated rings. The lowest BCUT2D eigenvalue weighted by Gasteiger charge is -2.22. The Bertz CT molecular complexity index is 416. The van der Waals surface area contributed by atoms with Gasteiger partial charge in [0, 0.05) is 5.92 Å². The van der Waals surface area contributed by atoms with Crippen molar-refractivity contribution in [2.75, 3.05) is 13.1 Å². The van der Waals surface area contributed by atoms with Gasteiger partial charge >= 0.3 is 0 Å². The first-order valence-electron chi connectivity index (χ1n) is 7.01. The molecule has 18 heavy (non-hydrogen) atoms. The van der Waals surface area contributed by atoms with Gasteiger partial charge in [-0.2, -0.15) is 0 Å². The van der Waals surface area contributed by atoms with Crippen LogP contribution in [-0.4, -0.2) is 33.9 Å². The zero-order valence-corrected chi connectivity index (χ0v) is 10.6. The van der Waals surface area contributed by atoms with Crippen molar-refractivity contribution in [2.45, 2.75) is 44.6 Å². The van der Waals surface area contributed by atoms with Crippen molar-refractivity contribution < 1.29 is 4.79 Å². The summed E-state index contributed by atoms with van der Waals surface area (Å²) in [6.07, 6.45) is 8.41. The number of nitrogens with zero attached hydrogens (tertiary/aromatic N) is 3. The first-order chi connectivity index (χ1) is 8.84. The zero-order chi connectivity index (χ0) is 12.4. The molecule has 1 N–H and O–H groups in total. The SMILES string of the molecule is O=C(c1cn(C2CCNCC2)nn1)C1CCCC1. The van der Waals surface area contributed by atoms with E-state index in [0.29, 0.717) is 11.7 Å². The van der Waals surface area contributed by atoms with E-state index in [1.807, 2.05) is 10.9 Å². The van der Waals surface area contributed by atoms with Crippen LogP contribution in [-0.2, 0) is 0 Å². The van der Waals surface area contributed by atoms with E-state index >= 15 is 0 Å². The Labute approximate surface area is 107 Å². The standard InChI is InChI=1S/C13H20N4O/c18-13(10-3-1-2-4-10)12-9-17(16-15-12)11-5-7-14-8-6-11/h9-11,14H,1-8H2. The molecular formula is C13H20N4O. The van der Waals surface area contributed by atoms with E-state index in [2.05, 4.69) is 15.6 Å². The predicted octanol–water partition coefficient (Wildman–Crippen LogP) is 1.58. The van der Waals surface area contributed by atoms with Gasteiger partial charge in [-0.25, -0.2) is 4.68 Å². The minimum Gasteiger partial charge on any atom is -0.317 e. The third kappa shape index (κ3) is 2.32. The smallest absolute Gasteiger partial charge is 0.187 e. The fourth-order valence-electron chi connectivity index (χ4n) is 3.04. The van der Waals surface area contributed by atoms with Crippen LogP contribution in [0, 0.1) is 5.92 Å². The summed E-state index contributed by atoms with van der Waals surface area (Å²) in [4.78, 5) is 12.2. The van der Waals surface area contributed by atoms with Crippen molar-refractivity contribution in [2.24, 2.45) is 5.92 Å². The number of hydrogen-bond donors (Lipinski definition) is 1. The van der Waals surface area contributed by atoms with Crippen LogP contribution in [0.15, 0.2) is 6.20 Å². The number of Topliss-reactive ketones (excluding diaryl/α,β-unsaturated/α-hetero) is 1. The van der Waals surface area contributed by atoms with E-state index in [1.165, 1.54) is 12.8 Å². The number of rotatable bonds is 3. The molecule has 0 atom stereocenters. The lowest BCUT2D eigenvalue weighted by molar-refractivity contribution is 0.0917. The second-order valence-corrected chi connectivity index (χ2v) is 5.41. The molecule has 1 aromatic heterocycles. The predicted molar refractivity (Wildman–Crippen MR) is 67.5 cm³/mol. The maximum atomic E-state index is 12.2. The summed E-state index contributed by atoms with van der Waals surface area (Å²) in [6.45, 7) is 2.05. The molecule has 1 saturated carbocycles. The first kappa shape index (κ1) is 11.8. The van der Waals surface area contributed by atoms with Crippen molar-refractivity contribution in [3.05, 3.63) is 11.9 Å². The second-order valence-electron chi connectivity index (χ2n) is 5.41. The highest BCUT2D eigenvalue weighted by Gasteiger charge is 2.26. The van der Waals surface area contributed by atoms with Gasteiger partial charge in [0.25, 0.3) is 0 Å². The van der Waals surface area contributed by atoms with Crippen LogP contribution in [0.3, 0.4) is 0 Å². The van der Waals surface area contributed by atoms with Gasteiger partial charge in [0.2, 0.25) is 0 Å². The molecule has 1 aliphatic carbocycles. The molecule has 0 radical (unpaired) electrons. The Morgan fingerprint density at radius 3 is 2.67 bits per heavy atom. The van der Waals surface area contributed by atoms with Gasteiger partial charge < -0.3 is 5.32 Å². The topological polar surface area (TPSA) is 59.8 Å². The summed E-state index contributed by atoms with van der Waals surface area (Å²) in [6, 6.07) is 0.406. The molecular weight excluding hydrogens is 228 g/mol. The van der Waals surface area contributed by atoms with Gasteiger partial charge in [0.1, 0.15) is 5.69 Å². The highest BCUT2D eigenvalue weighted by Crippen LogP contribution is 2.27. The zero-order valence-electron chi connectivity index (χ0n) is 10.6. The summed E-state index contributed by atoms with van der Waals surface area (Å²) in [5, 5.41) is 11.6. The number of hydrogen-bond acceptors (Lipinski definition) is 4. The molecule has 1 aliphatic heterocycles. The van der Waals surface area contributed by atoms with Crippen molar-refractivity contribution in [1.29, 1.82) is 0 Å². The van der Waals surface area contributed by atoms with E-state index in [4.69, 9.17) is 0 Å². The Morgan fingerprint density at radius 1 is 1.22 bits per heavy atom. The average Bonchev–Trinajstić information content (AvgIpc) is 3.10. The Hall–Kier alpha value is -1.23. The third-order valence-electron chi connectivity index (χ3n) is 4.17. The molecule has 0 spiro atoms. The van der Waals surface area contributed by atoms with Crippen LogP contribution in [0.1, 0.15) is 55.1 Å². The van der Waals surface area contributed by atoms with E-state index < -0.39 is 0 Å². The highest BCUT2D eigenvalue weighted by atomic mass is 16.1. The Morgan fingerprint density at radius 2 is 1.94 bits per heavy atom. The van der Waals surface area contributed by atoms with Crippen LogP contribution < -0.4 is 5.32 Å². The van der Waals surface area contributed by atoms with Crippen molar-refractivity contribution in [3.8, 4) is 0 Å². The fourth-order valence-corrected chi connectivity index (χ4v) is 3.04. The van der Waals surface area contributed by atoms with Crippen LogP contribution >= 0.6 is 0 Å². The monoisotopic (exact) mass is 248 g/mol. The molecule has 1 saturated heterocycles. The van der Waals surface area contributed by atoms with E-state index in [0.717, 1.165) is 38.8 Å². The average molecular weight is 248 g/mol. The summed E-state index contributed by atoms with van der Waals surface area (Å²) < 4.78 is 1.89. The summed E-state index contributed by atoms with van der Waals surface area (Å²) in [5.74, 6) is 0.399. The molecule has 98 valence electrons. The minimum atomic E-state index is 0.197. The van der Waals surface area contributed by atoms with E-state index in [-0.39, 0.29) is 11.7 Å². The quantitative estimate of drug-likeness (QED) is 0.825. The highest BCUT2D eigenvalue weighted by molar-refractivity contribution is 5.95. The number of ketones is 1. The number of nitrogens with one attached hydrogen (secondary N) is 1. The van der Waals surface area contributed by atoms with E-state index in [9.17, 15) is 4.79 Å². The van der Waals surface area contributed by atoms with Crippen LogP contribution in [0.25, 0.3) is 0 Å². The molecule has 5 heteroatoms. The molecule has 5 nitrogen and oxygen atoms in total. The van der Waals surface area contributed by atoms with Crippen molar-refractivity contribution in [3.63, 3.8) is 0 Å². The molecule has 0 unspecified atom stereocenters. The fraction of sp³-hybridized carbons (Fsp3) is 0.769. The molecule has 0 bridgehead atoms. The number of carbonyl (C=O) groups excluding carboxylic acids is 1. The summed E-state index contributed by atoms with van der Waals surface area (Å²) >= 11 is 0. The van der Waals surface area contributed by atoms with Gasteiger partial charge in [-0.3, -0.25) is 4.79 Å². The molecule has 2 heterocycles. The largest absolute Gasteiger partial charge is 0.317 e. The lowest BCUT2D eigenvalue weighted by atomic mass is 10.0. The van der Waals surface area contributed by atoms with Crippen LogP contribution in [0.4, 0.5) is 0 Å². The lowest BCUT2D eigenvalue weighted by Crippen LogP contribution is -2.29. The maximum Gasteiger partial charge on any atom is 0.187 e.